The minimum atomic E-state index is -4.99. The Morgan fingerprint density at radius 1 is 1.02 bits per heavy atom. The fraction of sp³-hybridized carbons (Fsp3) is 0.390. The highest BCUT2D eigenvalue weighted by Crippen LogP contribution is 2.40. The van der Waals surface area contributed by atoms with Crippen LogP contribution in [0.3, 0.4) is 0 Å². The van der Waals surface area contributed by atoms with Crippen LogP contribution in [0.25, 0.3) is 11.1 Å². The Morgan fingerprint density at radius 3 is 2.30 bits per heavy atom. The molecule has 4 aromatic rings. The minimum absolute atomic E-state index is 0.00406. The van der Waals surface area contributed by atoms with Crippen LogP contribution in [0, 0.1) is 25.5 Å². The molecule has 0 saturated carbocycles. The molecule has 1 aliphatic heterocycles. The van der Waals surface area contributed by atoms with Gasteiger partial charge in [-0.15, -0.1) is 0 Å². The molecule has 1 unspecified atom stereocenters. The number of esters is 1. The van der Waals surface area contributed by atoms with E-state index >= 15 is 8.78 Å². The smallest absolute Gasteiger partial charge is 0.416 e. The number of amides is 1. The standard InChI is InChI=1S/C41H42BrF6N3O6/c1-6-57-35(54)17-32(29-13-24(11-22(3)37(29)45)36-21(2)12-25(14-33(36)52)40(4,5)56)49-39(55)38(28-15-26(42)7-8-31(28)44)51-18-23(9-10-50-19-27(43)20-50)30(16-34(51)53)41(46,47)48/h7-8,11-16,18,27,32,38,52,56H,6,9-10,17,19-20H2,1-5H3,(H,49,55)/t32-,38?/m0/s1. The molecule has 0 radical (unpaired) electrons. The maximum atomic E-state index is 16.2. The number of phenolic OH excluding ortho intramolecular Hbond substituents is 1. The molecule has 16 heteroatoms. The zero-order chi connectivity index (χ0) is 42.1. The van der Waals surface area contributed by atoms with E-state index in [0.29, 0.717) is 21.8 Å². The zero-order valence-electron chi connectivity index (χ0n) is 31.7. The lowest BCUT2D eigenvalue weighted by molar-refractivity contribution is -0.144. The van der Waals surface area contributed by atoms with Crippen LogP contribution in [0.4, 0.5) is 26.3 Å². The first-order valence-electron chi connectivity index (χ1n) is 18.1. The molecule has 3 aromatic carbocycles. The SMILES string of the molecule is CCOC(=O)C[C@H](NC(=O)C(c1cc(Br)ccc1F)n1cc(CCN2CC(F)C2)c(C(F)(F)F)cc1=O)c1cc(-c2c(C)cc(C(C)(C)O)cc2O)cc(C)c1F. The number of carbonyl (C=O) groups excluding carboxylic acids is 2. The van der Waals surface area contributed by atoms with E-state index in [4.69, 9.17) is 4.74 Å². The molecular weight excluding hydrogens is 824 g/mol. The monoisotopic (exact) mass is 865 g/mol. The number of halogens is 7. The number of rotatable bonds is 13. The molecule has 9 nitrogen and oxygen atoms in total. The average Bonchev–Trinajstić information content (AvgIpc) is 3.08. The van der Waals surface area contributed by atoms with E-state index in [9.17, 15) is 42.2 Å². The summed E-state index contributed by atoms with van der Waals surface area (Å²) in [5, 5.41) is 24.2. The Bertz CT molecular complexity index is 2210. The van der Waals surface area contributed by atoms with Crippen molar-refractivity contribution in [2.45, 2.75) is 77.5 Å². The van der Waals surface area contributed by atoms with Crippen LogP contribution in [-0.2, 0) is 32.5 Å². The zero-order valence-corrected chi connectivity index (χ0v) is 33.3. The summed E-state index contributed by atoms with van der Waals surface area (Å²) in [6.45, 7) is 7.61. The van der Waals surface area contributed by atoms with Crippen molar-refractivity contribution in [1.82, 2.24) is 14.8 Å². The number of pyridine rings is 1. The number of phenols is 1. The third-order valence-electron chi connectivity index (χ3n) is 9.82. The van der Waals surface area contributed by atoms with Gasteiger partial charge in [-0.25, -0.2) is 13.2 Å². The van der Waals surface area contributed by atoms with E-state index in [1.54, 1.807) is 17.9 Å². The van der Waals surface area contributed by atoms with Gasteiger partial charge in [0.2, 0.25) is 5.91 Å². The van der Waals surface area contributed by atoms with Crippen LogP contribution in [0.5, 0.6) is 5.75 Å². The van der Waals surface area contributed by atoms with Crippen molar-refractivity contribution >= 4 is 27.8 Å². The van der Waals surface area contributed by atoms with Gasteiger partial charge < -0.3 is 20.3 Å². The number of ether oxygens (including phenoxy) is 1. The van der Waals surface area contributed by atoms with Gasteiger partial charge in [0.05, 0.1) is 30.2 Å². The first-order chi connectivity index (χ1) is 26.6. The lowest BCUT2D eigenvalue weighted by Gasteiger charge is -2.34. The molecule has 0 bridgehead atoms. The van der Waals surface area contributed by atoms with Gasteiger partial charge in [-0.05, 0) is 105 Å². The summed E-state index contributed by atoms with van der Waals surface area (Å²) in [5.41, 5.74) is -3.56. The molecule has 1 saturated heterocycles. The second-order valence-corrected chi connectivity index (χ2v) is 15.6. The summed E-state index contributed by atoms with van der Waals surface area (Å²) >= 11 is 3.21. The Balaban J connectivity index is 1.66. The van der Waals surface area contributed by atoms with E-state index in [1.807, 2.05) is 0 Å². The summed E-state index contributed by atoms with van der Waals surface area (Å²) in [7, 11) is 0. The lowest BCUT2D eigenvalue weighted by atomic mass is 9.88. The van der Waals surface area contributed by atoms with E-state index in [-0.39, 0.29) is 65.1 Å². The maximum Gasteiger partial charge on any atom is 0.416 e. The molecule has 1 fully saturated rings. The molecule has 5 rings (SSSR count). The average molecular weight is 867 g/mol. The number of likely N-dealkylation sites (tertiary alicyclic amines) is 1. The summed E-state index contributed by atoms with van der Waals surface area (Å²) in [6.07, 6.45) is -6.27. The normalized spacial score (nSPS) is 14.9. The second-order valence-electron chi connectivity index (χ2n) is 14.6. The van der Waals surface area contributed by atoms with Gasteiger partial charge in [-0.2, -0.15) is 13.2 Å². The Hall–Kier alpha value is -4.67. The molecule has 306 valence electrons. The molecule has 0 aliphatic carbocycles. The quantitative estimate of drug-likeness (QED) is 0.0931. The van der Waals surface area contributed by atoms with Crippen molar-refractivity contribution in [2.75, 3.05) is 26.2 Å². The number of carbonyl (C=O) groups is 2. The van der Waals surface area contributed by atoms with Crippen molar-refractivity contribution in [1.29, 1.82) is 0 Å². The second kappa shape index (κ2) is 17.0. The van der Waals surface area contributed by atoms with Crippen LogP contribution in [-0.4, -0.2) is 64.0 Å². The summed E-state index contributed by atoms with van der Waals surface area (Å²) < 4.78 is 94.2. The highest BCUT2D eigenvalue weighted by molar-refractivity contribution is 9.10. The van der Waals surface area contributed by atoms with Crippen molar-refractivity contribution in [3.8, 4) is 16.9 Å². The largest absolute Gasteiger partial charge is 0.507 e. The van der Waals surface area contributed by atoms with Gasteiger partial charge in [-0.3, -0.25) is 23.9 Å². The number of nitrogens with one attached hydrogen (secondary N) is 1. The first-order valence-corrected chi connectivity index (χ1v) is 18.8. The van der Waals surface area contributed by atoms with Crippen molar-refractivity contribution in [3.63, 3.8) is 0 Å². The van der Waals surface area contributed by atoms with Gasteiger partial charge in [0.25, 0.3) is 5.56 Å². The number of alkyl halides is 4. The molecule has 57 heavy (non-hydrogen) atoms. The Labute approximate surface area is 333 Å². The molecular formula is C41H42BrF6N3O6. The fourth-order valence-corrected chi connectivity index (χ4v) is 7.31. The van der Waals surface area contributed by atoms with Crippen LogP contribution in [0.1, 0.15) is 78.2 Å². The van der Waals surface area contributed by atoms with E-state index < -0.39 is 82.2 Å². The number of hydrogen-bond acceptors (Lipinski definition) is 7. The van der Waals surface area contributed by atoms with Crippen LogP contribution >= 0.6 is 15.9 Å². The van der Waals surface area contributed by atoms with Gasteiger partial charge in [-0.1, -0.05) is 22.0 Å². The number of aliphatic hydroxyl groups is 1. The first kappa shape index (κ1) is 43.5. The number of aryl methyl sites for hydroxylation is 2. The third kappa shape index (κ3) is 9.90. The van der Waals surface area contributed by atoms with Crippen molar-refractivity contribution < 1.29 is 50.9 Å². The summed E-state index contributed by atoms with van der Waals surface area (Å²) in [6, 6.07) is 5.93. The molecule has 2 atom stereocenters. The van der Waals surface area contributed by atoms with Crippen LogP contribution in [0.2, 0.25) is 0 Å². The molecule has 3 N–H and O–H groups in total. The summed E-state index contributed by atoms with van der Waals surface area (Å²) in [4.78, 5) is 42.7. The maximum absolute atomic E-state index is 16.2. The number of nitrogens with zero attached hydrogens (tertiary/aromatic N) is 2. The highest BCUT2D eigenvalue weighted by atomic mass is 79.9. The predicted octanol–water partition coefficient (Wildman–Crippen LogP) is 7.72. The van der Waals surface area contributed by atoms with Crippen LogP contribution < -0.4 is 10.9 Å². The van der Waals surface area contributed by atoms with Gasteiger partial charge in [0, 0.05) is 53.1 Å². The number of benzene rings is 3. The van der Waals surface area contributed by atoms with E-state index in [0.717, 1.165) is 12.3 Å². The van der Waals surface area contributed by atoms with E-state index in [1.165, 1.54) is 58.0 Å². The Kier molecular flexibility index (Phi) is 13.0. The molecule has 1 aliphatic rings. The topological polar surface area (TPSA) is 121 Å². The lowest BCUT2D eigenvalue weighted by Crippen LogP contribution is -2.49. The number of aromatic hydroxyl groups is 1. The number of hydrogen-bond donors (Lipinski definition) is 3. The third-order valence-corrected chi connectivity index (χ3v) is 10.3. The van der Waals surface area contributed by atoms with Crippen molar-refractivity contribution in [3.05, 3.63) is 120 Å². The number of aromatic nitrogens is 1. The summed E-state index contributed by atoms with van der Waals surface area (Å²) in [5.74, 6) is -4.18. The highest BCUT2D eigenvalue weighted by Gasteiger charge is 2.38. The van der Waals surface area contributed by atoms with Gasteiger partial charge in [0.1, 0.15) is 29.6 Å². The molecule has 0 spiro atoms. The van der Waals surface area contributed by atoms with Gasteiger partial charge in [0.15, 0.2) is 0 Å². The van der Waals surface area contributed by atoms with Crippen molar-refractivity contribution in [2.24, 2.45) is 0 Å². The van der Waals surface area contributed by atoms with Gasteiger partial charge >= 0.3 is 12.1 Å². The molecule has 2 heterocycles. The van der Waals surface area contributed by atoms with Crippen LogP contribution in [0.15, 0.2) is 64.0 Å². The molecule has 1 amide bonds. The minimum Gasteiger partial charge on any atom is -0.507 e. The fourth-order valence-electron chi connectivity index (χ4n) is 6.93. The van der Waals surface area contributed by atoms with E-state index in [2.05, 4.69) is 21.2 Å². The molecule has 1 aromatic heterocycles. The predicted molar refractivity (Wildman–Crippen MR) is 203 cm³/mol. The Morgan fingerprint density at radius 2 is 1.70 bits per heavy atom.